The lowest BCUT2D eigenvalue weighted by Gasteiger charge is -2.42. The average Bonchev–Trinajstić information content (AvgIpc) is 3.53. The van der Waals surface area contributed by atoms with Crippen LogP contribution in [0, 0.1) is 0 Å². The number of hydrogen-bond donors (Lipinski definition) is 0. The number of aromatic nitrogens is 8. The summed E-state index contributed by atoms with van der Waals surface area (Å²) in [7, 11) is 0. The molecule has 0 spiro atoms. The van der Waals surface area contributed by atoms with Gasteiger partial charge in [-0.3, -0.25) is 4.57 Å². The van der Waals surface area contributed by atoms with Gasteiger partial charge in [-0.2, -0.15) is 14.8 Å². The van der Waals surface area contributed by atoms with Crippen molar-refractivity contribution in [3.05, 3.63) is 55.0 Å². The third-order valence-electron chi connectivity index (χ3n) is 6.06. The van der Waals surface area contributed by atoms with E-state index in [9.17, 15) is 0 Å². The second-order valence-electron chi connectivity index (χ2n) is 7.41. The molecule has 3 aromatic heterocycles. The molecular formula is C20H19N9. The van der Waals surface area contributed by atoms with Crippen molar-refractivity contribution in [1.29, 1.82) is 0 Å². The zero-order valence-electron chi connectivity index (χ0n) is 16.0. The van der Waals surface area contributed by atoms with Gasteiger partial charge in [0.15, 0.2) is 17.5 Å². The molecule has 0 aliphatic carbocycles. The lowest BCUT2D eigenvalue weighted by atomic mass is 9.90. The molecule has 5 heterocycles. The molecule has 1 atom stereocenters. The Kier molecular flexibility index (Phi) is 3.35. The summed E-state index contributed by atoms with van der Waals surface area (Å²) >= 11 is 0. The molecule has 9 heteroatoms. The summed E-state index contributed by atoms with van der Waals surface area (Å²) in [6.07, 6.45) is 8.21. The van der Waals surface area contributed by atoms with Crippen molar-refractivity contribution >= 4 is 5.82 Å². The largest absolute Gasteiger partial charge is 0.342 e. The van der Waals surface area contributed by atoms with E-state index >= 15 is 0 Å². The standard InChI is InChI=1S/C20H19N9/c1-2-20-9-6-10-28(20)17-15(27-13-23-26-18(20)27)11-21-19(25-17)29-16(22-12-24-29)14-7-4-3-5-8-14/h3-5,7-8,11-13H,2,6,9-10H2,1H3. The Bertz CT molecular complexity index is 1200. The van der Waals surface area contributed by atoms with Gasteiger partial charge in [0.2, 0.25) is 0 Å². The minimum Gasteiger partial charge on any atom is -0.342 e. The van der Waals surface area contributed by atoms with Gasteiger partial charge in [0.05, 0.1) is 6.20 Å². The van der Waals surface area contributed by atoms with E-state index in [1.54, 1.807) is 11.0 Å². The Morgan fingerprint density at radius 3 is 2.90 bits per heavy atom. The lowest BCUT2D eigenvalue weighted by molar-refractivity contribution is 0.381. The molecule has 0 bridgehead atoms. The van der Waals surface area contributed by atoms with Crippen molar-refractivity contribution in [2.24, 2.45) is 0 Å². The minimum absolute atomic E-state index is 0.167. The van der Waals surface area contributed by atoms with E-state index in [4.69, 9.17) is 4.98 Å². The maximum Gasteiger partial charge on any atom is 0.254 e. The Morgan fingerprint density at radius 1 is 1.14 bits per heavy atom. The molecule has 2 aliphatic rings. The van der Waals surface area contributed by atoms with Gasteiger partial charge in [-0.15, -0.1) is 10.2 Å². The van der Waals surface area contributed by atoms with Crippen LogP contribution in [0.2, 0.25) is 0 Å². The highest BCUT2D eigenvalue weighted by atomic mass is 15.4. The van der Waals surface area contributed by atoms with Gasteiger partial charge in [-0.25, -0.2) is 9.97 Å². The van der Waals surface area contributed by atoms with E-state index in [0.29, 0.717) is 5.95 Å². The number of benzene rings is 1. The summed E-state index contributed by atoms with van der Waals surface area (Å²) in [6.45, 7) is 3.14. The topological polar surface area (TPSA) is 90.4 Å². The highest BCUT2D eigenvalue weighted by molar-refractivity contribution is 5.65. The summed E-state index contributed by atoms with van der Waals surface area (Å²) in [6, 6.07) is 9.95. The van der Waals surface area contributed by atoms with E-state index in [0.717, 1.165) is 54.5 Å². The second-order valence-corrected chi connectivity index (χ2v) is 7.41. The number of nitrogens with zero attached hydrogens (tertiary/aromatic N) is 9. The van der Waals surface area contributed by atoms with Crippen molar-refractivity contribution in [3.63, 3.8) is 0 Å². The average molecular weight is 385 g/mol. The summed E-state index contributed by atoms with van der Waals surface area (Å²) < 4.78 is 3.73. The fourth-order valence-corrected chi connectivity index (χ4v) is 4.67. The Balaban J connectivity index is 1.54. The van der Waals surface area contributed by atoms with E-state index in [1.807, 2.05) is 41.1 Å². The molecule has 1 aromatic carbocycles. The third kappa shape index (κ3) is 2.15. The molecule has 4 aromatic rings. The van der Waals surface area contributed by atoms with Crippen LogP contribution in [-0.4, -0.2) is 46.0 Å². The quantitative estimate of drug-likeness (QED) is 0.535. The maximum atomic E-state index is 4.95. The Labute approximate surface area is 167 Å². The molecule has 2 aliphatic heterocycles. The summed E-state index contributed by atoms with van der Waals surface area (Å²) in [5.41, 5.74) is 1.71. The molecular weight excluding hydrogens is 366 g/mol. The molecule has 0 N–H and O–H groups in total. The summed E-state index contributed by atoms with van der Waals surface area (Å²) in [5, 5.41) is 13.0. The molecule has 1 fully saturated rings. The molecule has 9 nitrogen and oxygen atoms in total. The van der Waals surface area contributed by atoms with E-state index < -0.39 is 0 Å². The van der Waals surface area contributed by atoms with Crippen LogP contribution < -0.4 is 4.90 Å². The molecule has 0 saturated carbocycles. The predicted octanol–water partition coefficient (Wildman–Crippen LogP) is 2.52. The fourth-order valence-electron chi connectivity index (χ4n) is 4.67. The molecule has 1 saturated heterocycles. The molecule has 0 radical (unpaired) electrons. The van der Waals surface area contributed by atoms with Crippen LogP contribution in [0.3, 0.4) is 0 Å². The zero-order chi connectivity index (χ0) is 19.4. The van der Waals surface area contributed by atoms with Crippen molar-refractivity contribution in [1.82, 2.24) is 39.5 Å². The predicted molar refractivity (Wildman–Crippen MR) is 106 cm³/mol. The van der Waals surface area contributed by atoms with Gasteiger partial charge in [-0.1, -0.05) is 37.3 Å². The van der Waals surface area contributed by atoms with Crippen LogP contribution in [0.4, 0.5) is 5.82 Å². The molecule has 29 heavy (non-hydrogen) atoms. The van der Waals surface area contributed by atoms with Crippen molar-refractivity contribution in [2.45, 2.75) is 31.7 Å². The normalized spacial score (nSPS) is 19.7. The van der Waals surface area contributed by atoms with Crippen molar-refractivity contribution < 1.29 is 0 Å². The molecule has 6 rings (SSSR count). The van der Waals surface area contributed by atoms with Crippen LogP contribution in [0.15, 0.2) is 49.2 Å². The zero-order valence-corrected chi connectivity index (χ0v) is 16.0. The number of anilines is 1. The minimum atomic E-state index is -0.167. The van der Waals surface area contributed by atoms with E-state index in [-0.39, 0.29) is 5.54 Å². The Hall–Kier alpha value is -3.62. The maximum absolute atomic E-state index is 4.95. The second kappa shape index (κ2) is 5.94. The monoisotopic (exact) mass is 385 g/mol. The number of hydrogen-bond acceptors (Lipinski definition) is 7. The number of fused-ring (bicyclic) bond motifs is 6. The third-order valence-corrected chi connectivity index (χ3v) is 6.06. The van der Waals surface area contributed by atoms with Gasteiger partial charge in [0.25, 0.3) is 5.95 Å². The first-order valence-corrected chi connectivity index (χ1v) is 9.83. The Morgan fingerprint density at radius 2 is 2.03 bits per heavy atom. The van der Waals surface area contributed by atoms with Crippen LogP contribution in [0.25, 0.3) is 23.0 Å². The van der Waals surface area contributed by atoms with E-state index in [1.165, 1.54) is 6.33 Å². The van der Waals surface area contributed by atoms with Crippen molar-refractivity contribution in [2.75, 3.05) is 11.4 Å². The highest BCUT2D eigenvalue weighted by Crippen LogP contribution is 2.48. The first kappa shape index (κ1) is 16.3. The van der Waals surface area contributed by atoms with Crippen molar-refractivity contribution in [3.8, 4) is 23.0 Å². The fraction of sp³-hybridized carbons (Fsp3) is 0.300. The van der Waals surface area contributed by atoms with Gasteiger partial charge < -0.3 is 4.90 Å². The highest BCUT2D eigenvalue weighted by Gasteiger charge is 2.49. The number of rotatable bonds is 3. The smallest absolute Gasteiger partial charge is 0.254 e. The van der Waals surface area contributed by atoms with Crippen LogP contribution >= 0.6 is 0 Å². The van der Waals surface area contributed by atoms with Gasteiger partial charge in [0.1, 0.15) is 23.9 Å². The van der Waals surface area contributed by atoms with Gasteiger partial charge in [0, 0.05) is 12.1 Å². The molecule has 144 valence electrons. The SMILES string of the molecule is CCC12CCCN1c1nc(-n3ncnc3-c3ccccc3)ncc1-n1cnnc12. The molecule has 1 unspecified atom stereocenters. The van der Waals surface area contributed by atoms with Crippen LogP contribution in [-0.2, 0) is 5.54 Å². The first-order valence-electron chi connectivity index (χ1n) is 9.83. The van der Waals surface area contributed by atoms with Crippen LogP contribution in [0.5, 0.6) is 0 Å². The van der Waals surface area contributed by atoms with Crippen LogP contribution in [0.1, 0.15) is 32.0 Å². The summed E-state index contributed by atoms with van der Waals surface area (Å²) in [5.74, 6) is 3.10. The first-order chi connectivity index (χ1) is 14.3. The van der Waals surface area contributed by atoms with Gasteiger partial charge in [-0.05, 0) is 19.3 Å². The summed E-state index contributed by atoms with van der Waals surface area (Å²) in [4.78, 5) is 16.4. The molecule has 0 amide bonds. The van der Waals surface area contributed by atoms with Gasteiger partial charge >= 0.3 is 0 Å². The van der Waals surface area contributed by atoms with E-state index in [2.05, 4.69) is 37.1 Å². The lowest BCUT2D eigenvalue weighted by Crippen LogP contribution is -2.46.